The molecular formula is C19H30N4O3. The Kier molecular flexibility index (Phi) is 6.34. The Morgan fingerprint density at radius 3 is 2.27 bits per heavy atom. The number of hydrogen-bond donors (Lipinski definition) is 2. The topological polar surface area (TPSA) is 73.9 Å². The predicted octanol–water partition coefficient (Wildman–Crippen LogP) is 3.27. The number of carbonyl (C=O) groups is 2. The minimum absolute atomic E-state index is 0.0690. The molecule has 2 rings (SSSR count). The molecule has 0 spiro atoms. The third-order valence-corrected chi connectivity index (χ3v) is 3.84. The van der Waals surface area contributed by atoms with Crippen LogP contribution in [-0.2, 0) is 4.74 Å². The summed E-state index contributed by atoms with van der Waals surface area (Å²) in [5, 5.41) is 5.73. The first-order valence-corrected chi connectivity index (χ1v) is 9.05. The zero-order valence-corrected chi connectivity index (χ0v) is 16.3. The van der Waals surface area contributed by atoms with E-state index in [-0.39, 0.29) is 18.2 Å². The van der Waals surface area contributed by atoms with Gasteiger partial charge in [-0.15, -0.1) is 0 Å². The second kappa shape index (κ2) is 8.29. The second-order valence-corrected chi connectivity index (χ2v) is 7.72. The molecule has 0 atom stereocenters. The molecule has 1 aromatic rings. The van der Waals surface area contributed by atoms with Crippen LogP contribution in [0.2, 0.25) is 0 Å². The second-order valence-electron chi connectivity index (χ2n) is 7.72. The van der Waals surface area contributed by atoms with Crippen molar-refractivity contribution >= 4 is 23.5 Å². The minimum Gasteiger partial charge on any atom is -0.444 e. The number of ether oxygens (including phenoxy) is 1. The van der Waals surface area contributed by atoms with E-state index in [1.165, 1.54) is 0 Å². The zero-order chi connectivity index (χ0) is 19.3. The lowest BCUT2D eigenvalue weighted by molar-refractivity contribution is 0.0240. The van der Waals surface area contributed by atoms with Crippen LogP contribution >= 0.6 is 0 Å². The van der Waals surface area contributed by atoms with Crippen molar-refractivity contribution in [2.75, 3.05) is 36.4 Å². The van der Waals surface area contributed by atoms with Gasteiger partial charge in [0.25, 0.3) is 0 Å². The van der Waals surface area contributed by atoms with Crippen molar-refractivity contribution in [3.63, 3.8) is 0 Å². The van der Waals surface area contributed by atoms with Crippen LogP contribution in [0, 0.1) is 0 Å². The predicted molar refractivity (Wildman–Crippen MR) is 104 cm³/mol. The van der Waals surface area contributed by atoms with E-state index in [1.54, 1.807) is 4.90 Å². The van der Waals surface area contributed by atoms with E-state index in [0.29, 0.717) is 26.2 Å². The maximum atomic E-state index is 12.2. The molecule has 7 nitrogen and oxygen atoms in total. The number of nitrogens with one attached hydrogen (secondary N) is 2. The normalized spacial score (nSPS) is 15.0. The van der Waals surface area contributed by atoms with E-state index in [0.717, 1.165) is 11.4 Å². The molecule has 0 saturated carbocycles. The standard InChI is InChI=1S/C19H30N4O3/c1-14(2)20-17(24)21-15-8-6-7-9-16(15)22-10-12-23(13-11-22)18(25)26-19(3,4)5/h6-9,14H,10-13H2,1-5H3,(H2,20,21,24). The lowest BCUT2D eigenvalue weighted by atomic mass is 10.2. The Morgan fingerprint density at radius 2 is 1.69 bits per heavy atom. The van der Waals surface area contributed by atoms with E-state index in [1.807, 2.05) is 58.9 Å². The molecule has 26 heavy (non-hydrogen) atoms. The van der Waals surface area contributed by atoms with Gasteiger partial charge in [0, 0.05) is 32.2 Å². The highest BCUT2D eigenvalue weighted by atomic mass is 16.6. The van der Waals surface area contributed by atoms with Gasteiger partial charge in [0.15, 0.2) is 0 Å². The summed E-state index contributed by atoms with van der Waals surface area (Å²) in [6, 6.07) is 7.55. The van der Waals surface area contributed by atoms with Gasteiger partial charge in [-0.1, -0.05) is 12.1 Å². The van der Waals surface area contributed by atoms with Crippen molar-refractivity contribution in [3.05, 3.63) is 24.3 Å². The molecule has 1 heterocycles. The number of rotatable bonds is 3. The van der Waals surface area contributed by atoms with Crippen molar-refractivity contribution in [1.82, 2.24) is 10.2 Å². The molecule has 2 N–H and O–H groups in total. The van der Waals surface area contributed by atoms with E-state index < -0.39 is 5.60 Å². The number of amides is 3. The van der Waals surface area contributed by atoms with E-state index >= 15 is 0 Å². The largest absolute Gasteiger partial charge is 0.444 e. The fourth-order valence-corrected chi connectivity index (χ4v) is 2.73. The molecule has 1 aromatic carbocycles. The first kappa shape index (κ1) is 19.9. The molecule has 0 bridgehead atoms. The Balaban J connectivity index is 1.99. The number of benzene rings is 1. The van der Waals surface area contributed by atoms with Crippen molar-refractivity contribution < 1.29 is 14.3 Å². The first-order valence-electron chi connectivity index (χ1n) is 9.05. The van der Waals surface area contributed by atoms with Crippen LogP contribution in [0.3, 0.4) is 0 Å². The molecular weight excluding hydrogens is 332 g/mol. The Bertz CT molecular complexity index is 632. The summed E-state index contributed by atoms with van der Waals surface area (Å²) in [5.41, 5.74) is 1.22. The molecule has 1 aliphatic rings. The highest BCUT2D eigenvalue weighted by Crippen LogP contribution is 2.27. The Morgan fingerprint density at radius 1 is 1.08 bits per heavy atom. The molecule has 0 radical (unpaired) electrons. The van der Waals surface area contributed by atoms with E-state index in [4.69, 9.17) is 4.74 Å². The molecule has 144 valence electrons. The number of anilines is 2. The van der Waals surface area contributed by atoms with Crippen LogP contribution in [0.1, 0.15) is 34.6 Å². The quantitative estimate of drug-likeness (QED) is 0.865. The van der Waals surface area contributed by atoms with Gasteiger partial charge in [0.05, 0.1) is 11.4 Å². The smallest absolute Gasteiger partial charge is 0.410 e. The molecule has 1 saturated heterocycles. The summed E-state index contributed by atoms with van der Waals surface area (Å²) >= 11 is 0. The van der Waals surface area contributed by atoms with Crippen LogP contribution in [0.4, 0.5) is 21.0 Å². The van der Waals surface area contributed by atoms with Gasteiger partial charge in [-0.2, -0.15) is 0 Å². The third kappa shape index (κ3) is 5.82. The zero-order valence-electron chi connectivity index (χ0n) is 16.3. The van der Waals surface area contributed by atoms with Crippen LogP contribution in [-0.4, -0.2) is 54.8 Å². The first-order chi connectivity index (χ1) is 12.2. The average Bonchev–Trinajstić information content (AvgIpc) is 2.53. The fraction of sp³-hybridized carbons (Fsp3) is 0.579. The SMILES string of the molecule is CC(C)NC(=O)Nc1ccccc1N1CCN(C(=O)OC(C)(C)C)CC1. The molecule has 3 amide bonds. The van der Waals surface area contributed by atoms with E-state index in [2.05, 4.69) is 15.5 Å². The van der Waals surface area contributed by atoms with Gasteiger partial charge in [0.1, 0.15) is 5.60 Å². The number of piperazine rings is 1. The molecule has 1 fully saturated rings. The number of carbonyl (C=O) groups excluding carboxylic acids is 2. The molecule has 0 aromatic heterocycles. The Labute approximate surface area is 155 Å². The summed E-state index contributed by atoms with van der Waals surface area (Å²) in [5.74, 6) is 0. The van der Waals surface area contributed by atoms with Crippen molar-refractivity contribution in [2.45, 2.75) is 46.3 Å². The number of nitrogens with zero attached hydrogens (tertiary/aromatic N) is 2. The number of para-hydroxylation sites is 2. The van der Waals surface area contributed by atoms with Gasteiger partial charge >= 0.3 is 12.1 Å². The molecule has 0 unspecified atom stereocenters. The van der Waals surface area contributed by atoms with E-state index in [9.17, 15) is 9.59 Å². The Hall–Kier alpha value is -2.44. The van der Waals surface area contributed by atoms with Crippen molar-refractivity contribution in [2.24, 2.45) is 0 Å². The highest BCUT2D eigenvalue weighted by Gasteiger charge is 2.26. The summed E-state index contributed by atoms with van der Waals surface area (Å²) in [6.07, 6.45) is -0.278. The third-order valence-electron chi connectivity index (χ3n) is 3.84. The van der Waals surface area contributed by atoms with Crippen molar-refractivity contribution in [3.8, 4) is 0 Å². The van der Waals surface area contributed by atoms with Gasteiger partial charge in [-0.25, -0.2) is 9.59 Å². The average molecular weight is 362 g/mol. The van der Waals surface area contributed by atoms with Gasteiger partial charge in [0.2, 0.25) is 0 Å². The maximum Gasteiger partial charge on any atom is 0.410 e. The lowest BCUT2D eigenvalue weighted by Gasteiger charge is -2.37. The number of hydrogen-bond acceptors (Lipinski definition) is 4. The molecule has 1 aliphatic heterocycles. The molecule has 7 heteroatoms. The fourth-order valence-electron chi connectivity index (χ4n) is 2.73. The highest BCUT2D eigenvalue weighted by molar-refractivity contribution is 5.93. The minimum atomic E-state index is -0.492. The van der Waals surface area contributed by atoms with Gasteiger partial charge < -0.3 is 25.2 Å². The van der Waals surface area contributed by atoms with Gasteiger partial charge in [-0.05, 0) is 46.8 Å². The summed E-state index contributed by atoms with van der Waals surface area (Å²) < 4.78 is 5.43. The van der Waals surface area contributed by atoms with Crippen LogP contribution in [0.15, 0.2) is 24.3 Å². The monoisotopic (exact) mass is 362 g/mol. The van der Waals surface area contributed by atoms with Gasteiger partial charge in [-0.3, -0.25) is 0 Å². The van der Waals surface area contributed by atoms with Crippen LogP contribution < -0.4 is 15.5 Å². The van der Waals surface area contributed by atoms with Crippen molar-refractivity contribution in [1.29, 1.82) is 0 Å². The van der Waals surface area contributed by atoms with Crippen LogP contribution in [0.25, 0.3) is 0 Å². The maximum absolute atomic E-state index is 12.2. The van der Waals surface area contributed by atoms with Crippen LogP contribution in [0.5, 0.6) is 0 Å². The summed E-state index contributed by atoms with van der Waals surface area (Å²) in [7, 11) is 0. The lowest BCUT2D eigenvalue weighted by Crippen LogP contribution is -2.50. The summed E-state index contributed by atoms with van der Waals surface area (Å²) in [6.45, 7) is 12.0. The summed E-state index contributed by atoms with van der Waals surface area (Å²) in [4.78, 5) is 28.1. The molecule has 0 aliphatic carbocycles. The number of urea groups is 1.